The number of hydrogen-bond acceptors (Lipinski definition) is 1. The van der Waals surface area contributed by atoms with E-state index in [2.05, 4.69) is 38.5 Å². The zero-order valence-corrected chi connectivity index (χ0v) is 11.9. The Morgan fingerprint density at radius 1 is 1.33 bits per heavy atom. The smallest absolute Gasteiger partial charge is 0.255 e. The van der Waals surface area contributed by atoms with Crippen LogP contribution in [0.5, 0.6) is 0 Å². The average molecular weight is 380 g/mol. The molecule has 1 fully saturated rings. The molecular formula is C11H11BrINO. The Morgan fingerprint density at radius 3 is 2.67 bits per heavy atom. The highest BCUT2D eigenvalue weighted by atomic mass is 127. The molecule has 0 radical (unpaired) electrons. The van der Waals surface area contributed by atoms with Crippen LogP contribution in [0.4, 0.5) is 0 Å². The fourth-order valence-corrected chi connectivity index (χ4v) is 2.66. The summed E-state index contributed by atoms with van der Waals surface area (Å²) in [5, 5.41) is 0. The zero-order valence-electron chi connectivity index (χ0n) is 8.17. The Hall–Kier alpha value is -0.100. The number of hydrogen-bond donors (Lipinski definition) is 0. The number of amides is 1. The number of carbonyl (C=O) groups is 1. The van der Waals surface area contributed by atoms with Crippen molar-refractivity contribution in [3.8, 4) is 0 Å². The van der Waals surface area contributed by atoms with E-state index in [0.29, 0.717) is 0 Å². The molecule has 0 N–H and O–H groups in total. The SMILES string of the molecule is O=C(c1cc(I)ccc1Br)N1CCCC1. The van der Waals surface area contributed by atoms with Crippen LogP contribution in [0.3, 0.4) is 0 Å². The van der Waals surface area contributed by atoms with E-state index in [4.69, 9.17) is 0 Å². The third-order valence-electron chi connectivity index (χ3n) is 2.55. The molecule has 1 aliphatic rings. The zero-order chi connectivity index (χ0) is 10.8. The molecule has 0 spiro atoms. The largest absolute Gasteiger partial charge is 0.339 e. The van der Waals surface area contributed by atoms with Gasteiger partial charge in [0.15, 0.2) is 0 Å². The van der Waals surface area contributed by atoms with Crippen molar-refractivity contribution in [1.29, 1.82) is 0 Å². The Bertz CT molecular complexity index is 388. The normalized spacial score (nSPS) is 15.7. The standard InChI is InChI=1S/C11H11BrINO/c12-10-4-3-8(13)7-9(10)11(15)14-5-1-2-6-14/h3-4,7H,1-2,5-6H2. The van der Waals surface area contributed by atoms with Crippen molar-refractivity contribution in [2.75, 3.05) is 13.1 Å². The van der Waals surface area contributed by atoms with E-state index >= 15 is 0 Å². The molecule has 0 aliphatic carbocycles. The van der Waals surface area contributed by atoms with E-state index in [1.807, 2.05) is 23.1 Å². The summed E-state index contributed by atoms with van der Waals surface area (Å²) in [5.74, 6) is 0.151. The van der Waals surface area contributed by atoms with Crippen molar-refractivity contribution >= 4 is 44.4 Å². The second-order valence-electron chi connectivity index (χ2n) is 3.62. The van der Waals surface area contributed by atoms with Crippen LogP contribution >= 0.6 is 38.5 Å². The molecule has 1 aromatic rings. The molecular weight excluding hydrogens is 369 g/mol. The summed E-state index contributed by atoms with van der Waals surface area (Å²) in [5.41, 5.74) is 0.781. The van der Waals surface area contributed by atoms with Gasteiger partial charge in [-0.1, -0.05) is 0 Å². The molecule has 2 rings (SSSR count). The Labute approximate surface area is 111 Å². The number of nitrogens with zero attached hydrogens (tertiary/aromatic N) is 1. The lowest BCUT2D eigenvalue weighted by Gasteiger charge is -2.16. The van der Waals surface area contributed by atoms with Gasteiger partial charge in [0.2, 0.25) is 0 Å². The fraction of sp³-hybridized carbons (Fsp3) is 0.364. The summed E-state index contributed by atoms with van der Waals surface area (Å²) in [6.45, 7) is 1.80. The van der Waals surface area contributed by atoms with Gasteiger partial charge in [-0.2, -0.15) is 0 Å². The predicted octanol–water partition coefficient (Wildman–Crippen LogP) is 3.29. The lowest BCUT2D eigenvalue weighted by molar-refractivity contribution is 0.0792. The summed E-state index contributed by atoms with van der Waals surface area (Å²) in [6, 6.07) is 5.86. The van der Waals surface area contributed by atoms with Crippen LogP contribution in [-0.4, -0.2) is 23.9 Å². The minimum atomic E-state index is 0.151. The van der Waals surface area contributed by atoms with Crippen molar-refractivity contribution < 1.29 is 4.79 Å². The van der Waals surface area contributed by atoms with Gasteiger partial charge in [0.1, 0.15) is 0 Å². The summed E-state index contributed by atoms with van der Waals surface area (Å²) < 4.78 is 1.98. The van der Waals surface area contributed by atoms with Crippen LogP contribution < -0.4 is 0 Å². The number of benzene rings is 1. The summed E-state index contributed by atoms with van der Waals surface area (Å²) >= 11 is 5.65. The molecule has 0 atom stereocenters. The molecule has 0 bridgehead atoms. The summed E-state index contributed by atoms with van der Waals surface area (Å²) in [6.07, 6.45) is 2.26. The molecule has 2 nitrogen and oxygen atoms in total. The van der Waals surface area contributed by atoms with Crippen LogP contribution in [0.1, 0.15) is 23.2 Å². The fourth-order valence-electron chi connectivity index (χ4n) is 1.75. The molecule has 1 aromatic carbocycles. The average Bonchev–Trinajstić information content (AvgIpc) is 2.74. The minimum Gasteiger partial charge on any atom is -0.339 e. The second kappa shape index (κ2) is 4.82. The highest BCUT2D eigenvalue weighted by Crippen LogP contribution is 2.22. The van der Waals surface area contributed by atoms with Crippen molar-refractivity contribution in [2.24, 2.45) is 0 Å². The van der Waals surface area contributed by atoms with E-state index < -0.39 is 0 Å². The number of carbonyl (C=O) groups excluding carboxylic acids is 1. The van der Waals surface area contributed by atoms with E-state index in [9.17, 15) is 4.79 Å². The van der Waals surface area contributed by atoms with Crippen LogP contribution in [-0.2, 0) is 0 Å². The quantitative estimate of drug-likeness (QED) is 0.685. The van der Waals surface area contributed by atoms with Gasteiger partial charge in [-0.25, -0.2) is 0 Å². The first-order chi connectivity index (χ1) is 7.18. The van der Waals surface area contributed by atoms with Crippen LogP contribution in [0, 0.1) is 3.57 Å². The highest BCUT2D eigenvalue weighted by Gasteiger charge is 2.21. The monoisotopic (exact) mass is 379 g/mol. The molecule has 4 heteroatoms. The summed E-state index contributed by atoms with van der Waals surface area (Å²) in [7, 11) is 0. The van der Waals surface area contributed by atoms with E-state index in [1.165, 1.54) is 0 Å². The van der Waals surface area contributed by atoms with E-state index in [-0.39, 0.29) is 5.91 Å². The highest BCUT2D eigenvalue weighted by molar-refractivity contribution is 14.1. The topological polar surface area (TPSA) is 20.3 Å². The molecule has 1 saturated heterocycles. The van der Waals surface area contributed by atoms with Gasteiger partial charge in [0, 0.05) is 21.1 Å². The molecule has 0 saturated carbocycles. The molecule has 1 amide bonds. The van der Waals surface area contributed by atoms with E-state index in [1.54, 1.807) is 0 Å². The van der Waals surface area contributed by atoms with Gasteiger partial charge in [0.05, 0.1) is 5.56 Å². The maximum absolute atomic E-state index is 12.1. The van der Waals surface area contributed by atoms with Gasteiger partial charge in [0.25, 0.3) is 5.91 Å². The molecule has 80 valence electrons. The Morgan fingerprint density at radius 2 is 2.00 bits per heavy atom. The molecule has 1 heterocycles. The van der Waals surface area contributed by atoms with Crippen molar-refractivity contribution in [3.63, 3.8) is 0 Å². The first-order valence-corrected chi connectivity index (χ1v) is 6.80. The molecule has 15 heavy (non-hydrogen) atoms. The maximum Gasteiger partial charge on any atom is 0.255 e. The summed E-state index contributed by atoms with van der Waals surface area (Å²) in [4.78, 5) is 14.0. The lowest BCUT2D eigenvalue weighted by atomic mass is 10.2. The van der Waals surface area contributed by atoms with Gasteiger partial charge < -0.3 is 4.90 Å². The van der Waals surface area contributed by atoms with Gasteiger partial charge in [-0.15, -0.1) is 0 Å². The first kappa shape index (κ1) is 11.4. The van der Waals surface area contributed by atoms with Crippen molar-refractivity contribution in [2.45, 2.75) is 12.8 Å². The second-order valence-corrected chi connectivity index (χ2v) is 5.72. The van der Waals surface area contributed by atoms with Gasteiger partial charge in [-0.05, 0) is 69.6 Å². The van der Waals surface area contributed by atoms with Crippen molar-refractivity contribution in [1.82, 2.24) is 4.90 Å². The molecule has 0 aromatic heterocycles. The third-order valence-corrected chi connectivity index (χ3v) is 3.91. The van der Waals surface area contributed by atoms with Crippen LogP contribution in [0.25, 0.3) is 0 Å². The molecule has 1 aliphatic heterocycles. The van der Waals surface area contributed by atoms with Gasteiger partial charge in [-0.3, -0.25) is 4.79 Å². The lowest BCUT2D eigenvalue weighted by Crippen LogP contribution is -2.27. The predicted molar refractivity (Wildman–Crippen MR) is 72.0 cm³/mol. The number of halogens is 2. The minimum absolute atomic E-state index is 0.151. The van der Waals surface area contributed by atoms with Gasteiger partial charge >= 0.3 is 0 Å². The number of likely N-dealkylation sites (tertiary alicyclic amines) is 1. The van der Waals surface area contributed by atoms with Crippen LogP contribution in [0.15, 0.2) is 22.7 Å². The number of rotatable bonds is 1. The van der Waals surface area contributed by atoms with Crippen molar-refractivity contribution in [3.05, 3.63) is 31.8 Å². The molecule has 0 unspecified atom stereocenters. The first-order valence-electron chi connectivity index (χ1n) is 4.93. The van der Waals surface area contributed by atoms with E-state index in [0.717, 1.165) is 39.5 Å². The maximum atomic E-state index is 12.1. The Balaban J connectivity index is 2.27. The van der Waals surface area contributed by atoms with Crippen LogP contribution in [0.2, 0.25) is 0 Å². The third kappa shape index (κ3) is 2.53. The Kier molecular flexibility index (Phi) is 3.66.